The molecule has 2 aromatic carbocycles. The number of para-hydroxylation sites is 1. The molecule has 1 fully saturated rings. The SMILES string of the molecule is COc1cc(/C=C/C(=O)N(C)Cc2ccccc2N2CCOCC2)ccc1OC(C)C. The molecule has 0 N–H and O–H groups in total. The zero-order valence-electron chi connectivity index (χ0n) is 18.8. The van der Waals surface area contributed by atoms with E-state index in [4.69, 9.17) is 14.2 Å². The number of hydrogen-bond acceptors (Lipinski definition) is 5. The average Bonchev–Trinajstić information content (AvgIpc) is 2.78. The standard InChI is InChI=1S/C25H32N2O4/c1-19(2)31-23-11-9-20(17-24(23)29-4)10-12-25(28)26(3)18-21-7-5-6-8-22(21)27-13-15-30-16-14-27/h5-12,17,19H,13-16,18H2,1-4H3/b12-10+. The van der Waals surface area contributed by atoms with Gasteiger partial charge in [-0.1, -0.05) is 24.3 Å². The van der Waals surface area contributed by atoms with Crippen molar-refractivity contribution < 1.29 is 19.0 Å². The molecule has 3 rings (SSSR count). The lowest BCUT2D eigenvalue weighted by Crippen LogP contribution is -2.37. The molecule has 31 heavy (non-hydrogen) atoms. The van der Waals surface area contributed by atoms with Crippen LogP contribution in [-0.4, -0.2) is 57.4 Å². The van der Waals surface area contributed by atoms with Crippen LogP contribution in [-0.2, 0) is 16.1 Å². The molecule has 2 aromatic rings. The second-order valence-electron chi connectivity index (χ2n) is 7.83. The Labute approximate surface area is 185 Å². The number of hydrogen-bond donors (Lipinski definition) is 0. The topological polar surface area (TPSA) is 51.2 Å². The van der Waals surface area contributed by atoms with Gasteiger partial charge in [0.15, 0.2) is 11.5 Å². The smallest absolute Gasteiger partial charge is 0.246 e. The van der Waals surface area contributed by atoms with E-state index in [2.05, 4.69) is 17.0 Å². The van der Waals surface area contributed by atoms with E-state index in [1.165, 1.54) is 5.69 Å². The quantitative estimate of drug-likeness (QED) is 0.600. The summed E-state index contributed by atoms with van der Waals surface area (Å²) in [5, 5.41) is 0. The van der Waals surface area contributed by atoms with Gasteiger partial charge in [0.1, 0.15) is 0 Å². The van der Waals surface area contributed by atoms with E-state index in [1.807, 2.05) is 51.2 Å². The fourth-order valence-electron chi connectivity index (χ4n) is 3.52. The van der Waals surface area contributed by atoms with Crippen LogP contribution in [0.1, 0.15) is 25.0 Å². The third-order valence-electron chi connectivity index (χ3n) is 5.10. The summed E-state index contributed by atoms with van der Waals surface area (Å²) in [5.41, 5.74) is 3.17. The first-order chi connectivity index (χ1) is 15.0. The Balaban J connectivity index is 1.67. The predicted octanol–water partition coefficient (Wildman–Crippen LogP) is 3.99. The zero-order valence-corrected chi connectivity index (χ0v) is 18.8. The number of anilines is 1. The number of carbonyl (C=O) groups is 1. The molecule has 1 amide bonds. The summed E-state index contributed by atoms with van der Waals surface area (Å²) in [4.78, 5) is 16.8. The van der Waals surface area contributed by atoms with E-state index in [0.29, 0.717) is 18.0 Å². The van der Waals surface area contributed by atoms with E-state index in [0.717, 1.165) is 37.4 Å². The maximum atomic E-state index is 12.7. The number of likely N-dealkylation sites (N-methyl/N-ethyl adjacent to an activating group) is 1. The molecule has 0 unspecified atom stereocenters. The van der Waals surface area contributed by atoms with Crippen LogP contribution >= 0.6 is 0 Å². The van der Waals surface area contributed by atoms with Crippen molar-refractivity contribution in [1.29, 1.82) is 0 Å². The fourth-order valence-corrected chi connectivity index (χ4v) is 3.52. The molecule has 166 valence electrons. The molecule has 6 nitrogen and oxygen atoms in total. The van der Waals surface area contributed by atoms with Gasteiger partial charge in [0, 0.05) is 38.4 Å². The predicted molar refractivity (Wildman–Crippen MR) is 124 cm³/mol. The molecule has 0 aromatic heterocycles. The Morgan fingerprint density at radius 3 is 2.61 bits per heavy atom. The normalized spacial score (nSPS) is 14.2. The van der Waals surface area contributed by atoms with Crippen LogP contribution in [0.2, 0.25) is 0 Å². The average molecular weight is 425 g/mol. The third kappa shape index (κ3) is 6.25. The molecule has 0 atom stereocenters. The summed E-state index contributed by atoms with van der Waals surface area (Å²) < 4.78 is 16.6. The minimum atomic E-state index is -0.0572. The van der Waals surface area contributed by atoms with Crippen molar-refractivity contribution in [3.63, 3.8) is 0 Å². The van der Waals surface area contributed by atoms with Crippen LogP contribution in [0.25, 0.3) is 6.08 Å². The lowest BCUT2D eigenvalue weighted by Gasteiger charge is -2.31. The van der Waals surface area contributed by atoms with Gasteiger partial charge in [-0.3, -0.25) is 4.79 Å². The molecule has 1 aliphatic heterocycles. The Bertz CT molecular complexity index is 904. The maximum Gasteiger partial charge on any atom is 0.246 e. The van der Waals surface area contributed by atoms with Crippen molar-refractivity contribution >= 4 is 17.7 Å². The monoisotopic (exact) mass is 424 g/mol. The van der Waals surface area contributed by atoms with E-state index >= 15 is 0 Å². The van der Waals surface area contributed by atoms with Gasteiger partial charge >= 0.3 is 0 Å². The molecule has 1 heterocycles. The van der Waals surface area contributed by atoms with Crippen LogP contribution in [0, 0.1) is 0 Å². The fraction of sp³-hybridized carbons (Fsp3) is 0.400. The Morgan fingerprint density at radius 2 is 1.90 bits per heavy atom. The lowest BCUT2D eigenvalue weighted by molar-refractivity contribution is -0.125. The highest BCUT2D eigenvalue weighted by Gasteiger charge is 2.16. The summed E-state index contributed by atoms with van der Waals surface area (Å²) in [6.45, 7) is 7.69. The largest absolute Gasteiger partial charge is 0.493 e. The molecular weight excluding hydrogens is 392 g/mol. The zero-order chi connectivity index (χ0) is 22.2. The molecule has 0 radical (unpaired) electrons. The van der Waals surface area contributed by atoms with Crippen LogP contribution < -0.4 is 14.4 Å². The number of amides is 1. The van der Waals surface area contributed by atoms with Crippen molar-refractivity contribution in [2.45, 2.75) is 26.5 Å². The molecule has 1 saturated heterocycles. The summed E-state index contributed by atoms with van der Waals surface area (Å²) in [7, 11) is 3.43. The van der Waals surface area contributed by atoms with Crippen molar-refractivity contribution in [3.05, 3.63) is 59.7 Å². The first-order valence-corrected chi connectivity index (χ1v) is 10.7. The Morgan fingerprint density at radius 1 is 1.16 bits per heavy atom. The minimum Gasteiger partial charge on any atom is -0.493 e. The highest BCUT2D eigenvalue weighted by atomic mass is 16.5. The van der Waals surface area contributed by atoms with E-state index in [-0.39, 0.29) is 12.0 Å². The molecule has 0 bridgehead atoms. The third-order valence-corrected chi connectivity index (χ3v) is 5.10. The first kappa shape index (κ1) is 22.7. The van der Waals surface area contributed by atoms with E-state index < -0.39 is 0 Å². The van der Waals surface area contributed by atoms with Gasteiger partial charge in [0.05, 0.1) is 26.4 Å². The Kier molecular flexibility index (Phi) is 7.95. The van der Waals surface area contributed by atoms with Crippen molar-refractivity contribution in [2.24, 2.45) is 0 Å². The van der Waals surface area contributed by atoms with Gasteiger partial charge in [0.2, 0.25) is 5.91 Å². The van der Waals surface area contributed by atoms with Crippen LogP contribution in [0.5, 0.6) is 11.5 Å². The highest BCUT2D eigenvalue weighted by molar-refractivity contribution is 5.91. The van der Waals surface area contributed by atoms with Crippen LogP contribution in [0.4, 0.5) is 5.69 Å². The maximum absolute atomic E-state index is 12.7. The van der Waals surface area contributed by atoms with Gasteiger partial charge in [0.25, 0.3) is 0 Å². The number of benzene rings is 2. The van der Waals surface area contributed by atoms with Crippen molar-refractivity contribution in [2.75, 3.05) is 45.4 Å². The molecule has 0 aliphatic carbocycles. The van der Waals surface area contributed by atoms with Crippen LogP contribution in [0.15, 0.2) is 48.5 Å². The summed E-state index contributed by atoms with van der Waals surface area (Å²) >= 11 is 0. The number of nitrogens with zero attached hydrogens (tertiary/aromatic N) is 2. The molecule has 0 spiro atoms. The van der Waals surface area contributed by atoms with Gasteiger partial charge in [-0.15, -0.1) is 0 Å². The number of methoxy groups -OCH3 is 1. The summed E-state index contributed by atoms with van der Waals surface area (Å²) in [5.74, 6) is 1.28. The molecule has 1 aliphatic rings. The second kappa shape index (κ2) is 10.9. The molecular formula is C25H32N2O4. The summed E-state index contributed by atoms with van der Waals surface area (Å²) in [6, 6.07) is 13.9. The first-order valence-electron chi connectivity index (χ1n) is 10.7. The van der Waals surface area contributed by atoms with E-state index in [1.54, 1.807) is 24.2 Å². The van der Waals surface area contributed by atoms with Crippen LogP contribution in [0.3, 0.4) is 0 Å². The molecule has 6 heteroatoms. The van der Waals surface area contributed by atoms with Gasteiger partial charge in [-0.2, -0.15) is 0 Å². The molecule has 0 saturated carbocycles. The number of ether oxygens (including phenoxy) is 3. The van der Waals surface area contributed by atoms with E-state index in [9.17, 15) is 4.79 Å². The number of carbonyl (C=O) groups excluding carboxylic acids is 1. The Hall–Kier alpha value is -2.99. The summed E-state index contributed by atoms with van der Waals surface area (Å²) in [6.07, 6.45) is 3.45. The van der Waals surface area contributed by atoms with Crippen molar-refractivity contribution in [3.8, 4) is 11.5 Å². The minimum absolute atomic E-state index is 0.0572. The van der Waals surface area contributed by atoms with Crippen molar-refractivity contribution in [1.82, 2.24) is 4.90 Å². The highest BCUT2D eigenvalue weighted by Crippen LogP contribution is 2.29. The second-order valence-corrected chi connectivity index (χ2v) is 7.83. The van der Waals surface area contributed by atoms with Gasteiger partial charge in [-0.05, 0) is 49.2 Å². The van der Waals surface area contributed by atoms with Gasteiger partial charge in [-0.25, -0.2) is 0 Å². The van der Waals surface area contributed by atoms with Gasteiger partial charge < -0.3 is 24.0 Å². The number of rotatable bonds is 8. The number of morpholine rings is 1. The lowest BCUT2D eigenvalue weighted by atomic mass is 10.1.